The van der Waals surface area contributed by atoms with Gasteiger partial charge in [-0.2, -0.15) is 4.90 Å². The first-order valence-electron chi connectivity index (χ1n) is 8.26. The highest BCUT2D eigenvalue weighted by atomic mass is 16.6. The lowest BCUT2D eigenvalue weighted by Gasteiger charge is -2.29. The van der Waals surface area contributed by atoms with Crippen LogP contribution < -0.4 is 4.90 Å². The van der Waals surface area contributed by atoms with E-state index in [1.165, 1.54) is 25.4 Å². The Morgan fingerprint density at radius 1 is 1.04 bits per heavy atom. The van der Waals surface area contributed by atoms with Crippen LogP contribution in [-0.2, 0) is 14.2 Å². The van der Waals surface area contributed by atoms with Crippen molar-refractivity contribution in [2.24, 2.45) is 0 Å². The molecule has 1 aromatic rings. The summed E-state index contributed by atoms with van der Waals surface area (Å²) in [5.41, 5.74) is -1.56. The number of nitrogens with zero attached hydrogens (tertiary/aromatic N) is 2. The maximum atomic E-state index is 12.7. The Morgan fingerprint density at radius 2 is 1.52 bits per heavy atom. The number of imide groups is 1. The number of carbonyl (C=O) groups excluding carboxylic acids is 3. The van der Waals surface area contributed by atoms with Gasteiger partial charge in [-0.3, -0.25) is 4.98 Å². The second-order valence-electron chi connectivity index (χ2n) is 7.62. The molecule has 1 rings (SSSR count). The molecular formula is C19H26N2O6. The van der Waals surface area contributed by atoms with Crippen molar-refractivity contribution in [2.75, 3.05) is 12.0 Å². The van der Waals surface area contributed by atoms with Gasteiger partial charge in [0.2, 0.25) is 0 Å². The number of ether oxygens (including phenoxy) is 3. The first-order chi connectivity index (χ1) is 12.3. The fourth-order valence-electron chi connectivity index (χ4n) is 1.91. The quantitative estimate of drug-likeness (QED) is 0.575. The molecule has 0 aliphatic rings. The Hall–Kier alpha value is -2.90. The molecule has 27 heavy (non-hydrogen) atoms. The molecule has 0 aromatic carbocycles. The summed E-state index contributed by atoms with van der Waals surface area (Å²) in [6.45, 7) is 13.5. The number of aromatic nitrogens is 1. The van der Waals surface area contributed by atoms with Gasteiger partial charge in [-0.25, -0.2) is 14.4 Å². The average Bonchev–Trinajstić information content (AvgIpc) is 2.51. The molecule has 0 unspecified atom stereocenters. The molecule has 1 aromatic heterocycles. The van der Waals surface area contributed by atoms with Gasteiger partial charge in [0.15, 0.2) is 0 Å². The lowest BCUT2D eigenvalue weighted by Crippen LogP contribution is -2.44. The Labute approximate surface area is 159 Å². The molecule has 0 saturated heterocycles. The zero-order valence-electron chi connectivity index (χ0n) is 16.8. The van der Waals surface area contributed by atoms with E-state index in [2.05, 4.69) is 11.6 Å². The Balaban J connectivity index is 3.54. The van der Waals surface area contributed by atoms with Crippen molar-refractivity contribution < 1.29 is 28.6 Å². The number of rotatable bonds is 3. The lowest BCUT2D eigenvalue weighted by molar-refractivity contribution is 0.0430. The first kappa shape index (κ1) is 22.1. The second kappa shape index (κ2) is 8.20. The largest absolute Gasteiger partial charge is 0.465 e. The van der Waals surface area contributed by atoms with Crippen molar-refractivity contribution in [1.82, 2.24) is 4.98 Å². The zero-order valence-corrected chi connectivity index (χ0v) is 16.8. The number of carbonyl (C=O) groups is 3. The van der Waals surface area contributed by atoms with E-state index in [0.717, 1.165) is 0 Å². The summed E-state index contributed by atoms with van der Waals surface area (Å²) >= 11 is 0. The molecule has 0 N–H and O–H groups in total. The predicted molar refractivity (Wildman–Crippen MR) is 101 cm³/mol. The van der Waals surface area contributed by atoms with Crippen LogP contribution in [0.3, 0.4) is 0 Å². The normalized spacial score (nSPS) is 11.4. The van der Waals surface area contributed by atoms with Crippen molar-refractivity contribution in [2.45, 2.75) is 52.7 Å². The van der Waals surface area contributed by atoms with Crippen molar-refractivity contribution in [1.29, 1.82) is 0 Å². The smallest absolute Gasteiger partial charge is 0.424 e. The Kier molecular flexibility index (Phi) is 6.72. The minimum atomic E-state index is -1.00. The van der Waals surface area contributed by atoms with Crippen molar-refractivity contribution in [3.63, 3.8) is 0 Å². The molecule has 148 valence electrons. The van der Waals surface area contributed by atoms with Crippen LogP contribution >= 0.6 is 0 Å². The Morgan fingerprint density at radius 3 is 1.89 bits per heavy atom. The van der Waals surface area contributed by atoms with Crippen LogP contribution in [0.4, 0.5) is 15.3 Å². The molecule has 0 spiro atoms. The Bertz CT molecular complexity index is 716. The number of pyridine rings is 1. The first-order valence-corrected chi connectivity index (χ1v) is 8.26. The molecule has 8 nitrogen and oxygen atoms in total. The number of anilines is 1. The van der Waals surface area contributed by atoms with Gasteiger partial charge in [0.05, 0.1) is 30.3 Å². The monoisotopic (exact) mass is 378 g/mol. The van der Waals surface area contributed by atoms with Gasteiger partial charge in [-0.1, -0.05) is 6.58 Å². The third kappa shape index (κ3) is 6.40. The number of amides is 2. The van der Waals surface area contributed by atoms with E-state index < -0.39 is 29.4 Å². The molecule has 0 radical (unpaired) electrons. The van der Waals surface area contributed by atoms with E-state index in [-0.39, 0.29) is 11.3 Å². The molecular weight excluding hydrogens is 352 g/mol. The highest BCUT2D eigenvalue weighted by Crippen LogP contribution is 2.26. The summed E-state index contributed by atoms with van der Waals surface area (Å²) in [7, 11) is 1.19. The maximum absolute atomic E-state index is 12.7. The molecule has 0 aliphatic carbocycles. The van der Waals surface area contributed by atoms with E-state index in [4.69, 9.17) is 14.2 Å². The van der Waals surface area contributed by atoms with Gasteiger partial charge in [-0.15, -0.1) is 0 Å². The highest BCUT2D eigenvalue weighted by Gasteiger charge is 2.35. The van der Waals surface area contributed by atoms with Gasteiger partial charge < -0.3 is 14.2 Å². The van der Waals surface area contributed by atoms with Crippen molar-refractivity contribution in [3.8, 4) is 0 Å². The van der Waals surface area contributed by atoms with E-state index in [0.29, 0.717) is 10.6 Å². The second-order valence-corrected chi connectivity index (χ2v) is 7.62. The van der Waals surface area contributed by atoms with Crippen molar-refractivity contribution in [3.05, 3.63) is 30.1 Å². The van der Waals surface area contributed by atoms with Crippen LogP contribution in [0.5, 0.6) is 0 Å². The van der Waals surface area contributed by atoms with Crippen LogP contribution in [0.1, 0.15) is 57.6 Å². The number of hydrogen-bond donors (Lipinski definition) is 0. The van der Waals surface area contributed by atoms with Crippen LogP contribution in [0.2, 0.25) is 0 Å². The fourth-order valence-corrected chi connectivity index (χ4v) is 1.91. The van der Waals surface area contributed by atoms with Crippen LogP contribution in [0, 0.1) is 0 Å². The summed E-state index contributed by atoms with van der Waals surface area (Å²) in [6, 6.07) is 1.36. The summed E-state index contributed by atoms with van der Waals surface area (Å²) in [5.74, 6) is -0.757. The van der Waals surface area contributed by atoms with Gasteiger partial charge in [0.25, 0.3) is 0 Å². The molecule has 8 heteroatoms. The number of methoxy groups -OCH3 is 1. The van der Waals surface area contributed by atoms with E-state index in [9.17, 15) is 14.4 Å². The number of esters is 1. The fraction of sp³-hybridized carbons (Fsp3) is 0.474. The third-order valence-electron chi connectivity index (χ3n) is 2.91. The molecule has 0 atom stereocenters. The molecule has 0 saturated carbocycles. The van der Waals surface area contributed by atoms with Gasteiger partial charge in [0.1, 0.15) is 11.2 Å². The van der Waals surface area contributed by atoms with Crippen LogP contribution in [0.25, 0.3) is 6.08 Å². The van der Waals surface area contributed by atoms with Gasteiger partial charge in [-0.05, 0) is 53.7 Å². The minimum Gasteiger partial charge on any atom is -0.465 e. The van der Waals surface area contributed by atoms with E-state index in [1.807, 2.05) is 0 Å². The molecule has 0 bridgehead atoms. The van der Waals surface area contributed by atoms with E-state index >= 15 is 0 Å². The average molecular weight is 378 g/mol. The minimum absolute atomic E-state index is 0.0564. The predicted octanol–water partition coefficient (Wildman–Crippen LogP) is 4.19. The van der Waals surface area contributed by atoms with Crippen LogP contribution in [0.15, 0.2) is 18.8 Å². The standard InChI is InChI=1S/C19H26N2O6/c1-9-12-10-13(15(22)25-8)14(11-20-12)21(16(23)26-18(2,3)4)17(24)27-19(5,6)7/h9-11H,1H2,2-8H3. The maximum Gasteiger partial charge on any atom is 0.424 e. The topological polar surface area (TPSA) is 95.0 Å². The van der Waals surface area contributed by atoms with Gasteiger partial charge in [0, 0.05) is 0 Å². The molecule has 2 amide bonds. The highest BCUT2D eigenvalue weighted by molar-refractivity contribution is 6.13. The van der Waals surface area contributed by atoms with Gasteiger partial charge >= 0.3 is 18.2 Å². The zero-order chi connectivity index (χ0) is 21.0. The lowest BCUT2D eigenvalue weighted by atomic mass is 10.1. The summed E-state index contributed by atoms with van der Waals surface area (Å²) < 4.78 is 15.4. The third-order valence-corrected chi connectivity index (χ3v) is 2.91. The molecule has 0 aliphatic heterocycles. The SMILES string of the molecule is C=Cc1cc(C(=O)OC)c(N(C(=O)OC(C)(C)C)C(=O)OC(C)(C)C)cn1. The van der Waals surface area contributed by atoms with E-state index in [1.54, 1.807) is 41.5 Å². The van der Waals surface area contributed by atoms with Crippen molar-refractivity contribution >= 4 is 29.9 Å². The summed E-state index contributed by atoms with van der Waals surface area (Å²) in [6.07, 6.45) is 0.601. The molecule has 1 heterocycles. The van der Waals surface area contributed by atoms with Crippen LogP contribution in [-0.4, -0.2) is 41.5 Å². The number of hydrogen-bond acceptors (Lipinski definition) is 7. The summed E-state index contributed by atoms with van der Waals surface area (Å²) in [4.78, 5) is 42.3. The molecule has 0 fully saturated rings. The summed E-state index contributed by atoms with van der Waals surface area (Å²) in [5, 5.41) is 0.